The fraction of sp³-hybridized carbons (Fsp3) is 0.464. The molecule has 7 nitrogen and oxygen atoms in total. The van der Waals surface area contributed by atoms with Crippen molar-refractivity contribution in [2.45, 2.75) is 63.3 Å². The highest BCUT2D eigenvalue weighted by molar-refractivity contribution is 7.89. The number of carbonyl (C=O) groups excluding carboxylic acids is 1. The fourth-order valence-corrected chi connectivity index (χ4v) is 6.85. The molecule has 1 amide bonds. The van der Waals surface area contributed by atoms with Crippen LogP contribution in [0.5, 0.6) is 0 Å². The van der Waals surface area contributed by atoms with Crippen LogP contribution < -0.4 is 5.32 Å². The molecular formula is C28H34N4O3S. The Hall–Kier alpha value is -2.84. The lowest BCUT2D eigenvalue weighted by molar-refractivity contribution is 0.0912. The Balaban J connectivity index is 1.57. The molecule has 2 aliphatic rings. The van der Waals surface area contributed by atoms with Gasteiger partial charge in [0.2, 0.25) is 10.0 Å². The van der Waals surface area contributed by atoms with E-state index in [0.29, 0.717) is 52.8 Å². The van der Waals surface area contributed by atoms with Crippen molar-refractivity contribution in [1.82, 2.24) is 19.6 Å². The number of pyridine rings is 2. The molecule has 3 heterocycles. The Morgan fingerprint density at radius 2 is 1.75 bits per heavy atom. The van der Waals surface area contributed by atoms with Crippen molar-refractivity contribution < 1.29 is 13.2 Å². The van der Waals surface area contributed by atoms with Crippen LogP contribution in [0.3, 0.4) is 0 Å². The van der Waals surface area contributed by atoms with Gasteiger partial charge in [-0.05, 0) is 73.9 Å². The van der Waals surface area contributed by atoms with E-state index in [2.05, 4.69) is 24.1 Å². The first kappa shape index (κ1) is 24.8. The van der Waals surface area contributed by atoms with Crippen LogP contribution in [-0.4, -0.2) is 47.7 Å². The SMILES string of the molecule is CC1CCN(S(=O)(=O)c2ccc3nc(-c4ccccn4)cc(C(=O)NC4CCCCC4C)c3c2)CC1. The average Bonchev–Trinajstić information content (AvgIpc) is 2.89. The number of carbonyl (C=O) groups is 1. The van der Waals surface area contributed by atoms with Gasteiger partial charge in [-0.15, -0.1) is 0 Å². The van der Waals surface area contributed by atoms with Crippen molar-refractivity contribution in [3.05, 3.63) is 54.2 Å². The molecule has 5 rings (SSSR count). The third-order valence-electron chi connectivity index (χ3n) is 7.76. The summed E-state index contributed by atoms with van der Waals surface area (Å²) in [5.74, 6) is 0.739. The molecule has 1 saturated heterocycles. The number of nitrogens with zero attached hydrogens (tertiary/aromatic N) is 3. The van der Waals surface area contributed by atoms with Gasteiger partial charge in [0.05, 0.1) is 27.4 Å². The number of rotatable bonds is 5. The lowest BCUT2D eigenvalue weighted by Gasteiger charge is -2.30. The molecule has 2 unspecified atom stereocenters. The predicted octanol–water partition coefficient (Wildman–Crippen LogP) is 5.03. The quantitative estimate of drug-likeness (QED) is 0.524. The first-order valence-electron chi connectivity index (χ1n) is 13.0. The zero-order valence-corrected chi connectivity index (χ0v) is 21.8. The number of nitrogens with one attached hydrogen (secondary N) is 1. The van der Waals surface area contributed by atoms with E-state index in [0.717, 1.165) is 32.1 Å². The monoisotopic (exact) mass is 506 g/mol. The molecule has 0 spiro atoms. The van der Waals surface area contributed by atoms with E-state index in [1.807, 2.05) is 18.2 Å². The van der Waals surface area contributed by atoms with Crippen LogP contribution in [0.25, 0.3) is 22.3 Å². The van der Waals surface area contributed by atoms with Crippen molar-refractivity contribution in [3.8, 4) is 11.4 Å². The van der Waals surface area contributed by atoms with Crippen molar-refractivity contribution in [2.75, 3.05) is 13.1 Å². The number of piperidine rings is 1. The minimum absolute atomic E-state index is 0.107. The molecule has 2 atom stereocenters. The number of aromatic nitrogens is 2. The Labute approximate surface area is 213 Å². The summed E-state index contributed by atoms with van der Waals surface area (Å²) in [6.07, 6.45) is 7.74. The van der Waals surface area contributed by atoms with Crippen LogP contribution >= 0.6 is 0 Å². The number of amides is 1. The van der Waals surface area contributed by atoms with E-state index in [9.17, 15) is 13.2 Å². The molecule has 2 fully saturated rings. The van der Waals surface area contributed by atoms with Gasteiger partial charge in [-0.25, -0.2) is 13.4 Å². The summed E-state index contributed by atoms with van der Waals surface area (Å²) in [7, 11) is -3.66. The smallest absolute Gasteiger partial charge is 0.252 e. The van der Waals surface area contributed by atoms with Gasteiger partial charge < -0.3 is 5.32 Å². The summed E-state index contributed by atoms with van der Waals surface area (Å²) in [6.45, 7) is 5.37. The van der Waals surface area contributed by atoms with E-state index in [1.165, 1.54) is 6.42 Å². The Kier molecular flexibility index (Phi) is 7.08. The van der Waals surface area contributed by atoms with Gasteiger partial charge in [-0.2, -0.15) is 4.31 Å². The van der Waals surface area contributed by atoms with E-state index >= 15 is 0 Å². The average molecular weight is 507 g/mol. The predicted molar refractivity (Wildman–Crippen MR) is 141 cm³/mol. The lowest BCUT2D eigenvalue weighted by Crippen LogP contribution is -2.41. The zero-order chi connectivity index (χ0) is 25.3. The zero-order valence-electron chi connectivity index (χ0n) is 21.0. The van der Waals surface area contributed by atoms with Crippen molar-refractivity contribution in [2.24, 2.45) is 11.8 Å². The molecule has 1 N–H and O–H groups in total. The maximum absolute atomic E-state index is 13.6. The molecule has 2 aromatic heterocycles. The minimum Gasteiger partial charge on any atom is -0.349 e. The minimum atomic E-state index is -3.66. The highest BCUT2D eigenvalue weighted by atomic mass is 32.2. The standard InChI is InChI=1S/C28H34N4O3S/c1-19-12-15-32(16-13-19)36(34,35)21-10-11-25-22(17-21)23(18-27(30-25)26-9-5-6-14-29-26)28(33)31-24-8-4-3-7-20(24)2/h5-6,9-11,14,17-20,24H,3-4,7-8,12-13,15-16H2,1-2H3,(H,31,33). The molecule has 0 bridgehead atoms. The molecule has 1 saturated carbocycles. The van der Waals surface area contributed by atoms with E-state index in [4.69, 9.17) is 4.98 Å². The van der Waals surface area contributed by atoms with Gasteiger partial charge in [-0.1, -0.05) is 32.8 Å². The Bertz CT molecular complexity index is 1350. The van der Waals surface area contributed by atoms with Gasteiger partial charge in [0, 0.05) is 30.7 Å². The van der Waals surface area contributed by atoms with Gasteiger partial charge in [0.25, 0.3) is 5.91 Å². The third-order valence-corrected chi connectivity index (χ3v) is 9.66. The molecule has 1 aliphatic heterocycles. The van der Waals surface area contributed by atoms with E-state index in [1.54, 1.807) is 34.8 Å². The van der Waals surface area contributed by atoms with Crippen LogP contribution in [0.1, 0.15) is 62.7 Å². The summed E-state index contributed by atoms with van der Waals surface area (Å²) in [6, 6.07) is 12.4. The second kappa shape index (κ2) is 10.3. The van der Waals surface area contributed by atoms with Gasteiger partial charge >= 0.3 is 0 Å². The fourth-order valence-electron chi connectivity index (χ4n) is 5.35. The van der Waals surface area contributed by atoms with Crippen molar-refractivity contribution in [3.63, 3.8) is 0 Å². The summed E-state index contributed by atoms with van der Waals surface area (Å²) in [4.78, 5) is 23.0. The van der Waals surface area contributed by atoms with Crippen molar-refractivity contribution in [1.29, 1.82) is 0 Å². The van der Waals surface area contributed by atoms with Crippen LogP contribution in [0.15, 0.2) is 53.6 Å². The van der Waals surface area contributed by atoms with Gasteiger partial charge in [-0.3, -0.25) is 9.78 Å². The molecule has 36 heavy (non-hydrogen) atoms. The topological polar surface area (TPSA) is 92.3 Å². The lowest BCUT2D eigenvalue weighted by atomic mass is 9.86. The first-order valence-corrected chi connectivity index (χ1v) is 14.4. The summed E-state index contributed by atoms with van der Waals surface area (Å²) < 4.78 is 28.5. The first-order chi connectivity index (χ1) is 17.3. The molecule has 1 aromatic carbocycles. The molecule has 0 radical (unpaired) electrons. The van der Waals surface area contributed by atoms with Gasteiger partial charge in [0.15, 0.2) is 0 Å². The summed E-state index contributed by atoms with van der Waals surface area (Å²) in [5.41, 5.74) is 2.26. The second-order valence-corrected chi connectivity index (χ2v) is 12.3. The highest BCUT2D eigenvalue weighted by Crippen LogP contribution is 2.30. The maximum atomic E-state index is 13.6. The normalized spacial score (nSPS) is 21.9. The third kappa shape index (κ3) is 5.02. The highest BCUT2D eigenvalue weighted by Gasteiger charge is 2.29. The van der Waals surface area contributed by atoms with Crippen LogP contribution in [0, 0.1) is 11.8 Å². The van der Waals surface area contributed by atoms with Crippen LogP contribution in [-0.2, 0) is 10.0 Å². The number of fused-ring (bicyclic) bond motifs is 1. The second-order valence-electron chi connectivity index (χ2n) is 10.4. The number of hydrogen-bond donors (Lipinski definition) is 1. The summed E-state index contributed by atoms with van der Waals surface area (Å²) >= 11 is 0. The largest absolute Gasteiger partial charge is 0.349 e. The van der Waals surface area contributed by atoms with E-state index < -0.39 is 10.0 Å². The number of sulfonamides is 1. The van der Waals surface area contributed by atoms with E-state index in [-0.39, 0.29) is 16.8 Å². The van der Waals surface area contributed by atoms with Crippen LogP contribution in [0.4, 0.5) is 0 Å². The summed E-state index contributed by atoms with van der Waals surface area (Å²) in [5, 5.41) is 3.78. The van der Waals surface area contributed by atoms with Crippen LogP contribution in [0.2, 0.25) is 0 Å². The molecule has 3 aromatic rings. The molecular weight excluding hydrogens is 472 g/mol. The Morgan fingerprint density at radius 1 is 0.972 bits per heavy atom. The number of benzene rings is 1. The molecule has 1 aliphatic carbocycles. The number of hydrogen-bond acceptors (Lipinski definition) is 5. The van der Waals surface area contributed by atoms with Crippen molar-refractivity contribution >= 4 is 26.8 Å². The molecule has 190 valence electrons. The maximum Gasteiger partial charge on any atom is 0.252 e. The molecule has 8 heteroatoms. The Morgan fingerprint density at radius 3 is 2.47 bits per heavy atom. The van der Waals surface area contributed by atoms with Gasteiger partial charge in [0.1, 0.15) is 0 Å².